The summed E-state index contributed by atoms with van der Waals surface area (Å²) in [5, 5.41) is 0. The van der Waals surface area contributed by atoms with Crippen LogP contribution in [-0.2, 0) is 17.2 Å². The van der Waals surface area contributed by atoms with Crippen LogP contribution < -0.4 is 0 Å². The van der Waals surface area contributed by atoms with Gasteiger partial charge in [-0.1, -0.05) is 0 Å². The van der Waals surface area contributed by atoms with Gasteiger partial charge in [0, 0.05) is 7.11 Å². The smallest absolute Gasteiger partial charge is 0.184 e. The Kier molecular flexibility index (Phi) is 3.42. The van der Waals surface area contributed by atoms with E-state index in [2.05, 4.69) is 4.98 Å². The van der Waals surface area contributed by atoms with Crippen LogP contribution in [0.15, 0.2) is 12.1 Å². The Bertz CT molecular complexity index is 647. The van der Waals surface area contributed by atoms with Crippen molar-refractivity contribution in [2.75, 3.05) is 7.11 Å². The molecule has 0 saturated heterocycles. The van der Waals surface area contributed by atoms with Crippen molar-refractivity contribution in [3.63, 3.8) is 0 Å². The molecule has 0 unspecified atom stereocenters. The molecule has 2 aromatic rings. The number of fused-ring (bicyclic) bond motifs is 1. The van der Waals surface area contributed by atoms with E-state index in [1.54, 1.807) is 11.7 Å². The van der Waals surface area contributed by atoms with Gasteiger partial charge in [-0.25, -0.2) is 13.8 Å². The fourth-order valence-corrected chi connectivity index (χ4v) is 2.97. The highest BCUT2D eigenvalue weighted by Crippen LogP contribution is 2.38. The lowest BCUT2D eigenvalue weighted by Gasteiger charge is -2.41. The standard InChI is InChI=1S/C14H15ClF2N2O/c1-20-14(5-2-6-14)8-19-11(7-15)18-10-4-3-9(16)12(17)13(10)19/h3-4H,2,5-8H2,1H3. The number of methoxy groups -OCH3 is 1. The highest BCUT2D eigenvalue weighted by atomic mass is 35.5. The number of hydrogen-bond acceptors (Lipinski definition) is 2. The van der Waals surface area contributed by atoms with Crippen molar-refractivity contribution in [1.29, 1.82) is 0 Å². The second kappa shape index (κ2) is 4.97. The molecule has 20 heavy (non-hydrogen) atoms. The predicted molar refractivity (Wildman–Crippen MR) is 72.8 cm³/mol. The molecule has 0 spiro atoms. The Hall–Kier alpha value is -1.20. The number of ether oxygens (including phenoxy) is 1. The number of nitrogens with zero attached hydrogens (tertiary/aromatic N) is 2. The first-order valence-electron chi connectivity index (χ1n) is 6.54. The maximum absolute atomic E-state index is 14.1. The summed E-state index contributed by atoms with van der Waals surface area (Å²) in [6.07, 6.45) is 2.89. The minimum atomic E-state index is -0.878. The monoisotopic (exact) mass is 300 g/mol. The third-order valence-electron chi connectivity index (χ3n) is 4.14. The molecule has 0 aliphatic heterocycles. The molecule has 1 heterocycles. The van der Waals surface area contributed by atoms with E-state index in [-0.39, 0.29) is 17.0 Å². The van der Waals surface area contributed by atoms with Crippen molar-refractivity contribution >= 4 is 22.6 Å². The third-order valence-corrected chi connectivity index (χ3v) is 4.38. The van der Waals surface area contributed by atoms with Crippen molar-refractivity contribution < 1.29 is 13.5 Å². The number of benzene rings is 1. The van der Waals surface area contributed by atoms with Crippen molar-refractivity contribution in [2.45, 2.75) is 37.3 Å². The average molecular weight is 301 g/mol. The quantitative estimate of drug-likeness (QED) is 0.806. The van der Waals surface area contributed by atoms with Crippen LogP contribution in [0.5, 0.6) is 0 Å². The molecule has 0 amide bonds. The molecule has 1 saturated carbocycles. The van der Waals surface area contributed by atoms with Crippen LogP contribution >= 0.6 is 11.6 Å². The Morgan fingerprint density at radius 3 is 2.70 bits per heavy atom. The topological polar surface area (TPSA) is 27.1 Å². The molecule has 1 aromatic carbocycles. The van der Waals surface area contributed by atoms with Crippen LogP contribution in [0.4, 0.5) is 8.78 Å². The van der Waals surface area contributed by atoms with E-state index in [1.165, 1.54) is 6.07 Å². The van der Waals surface area contributed by atoms with Gasteiger partial charge in [-0.3, -0.25) is 0 Å². The lowest BCUT2D eigenvalue weighted by Crippen LogP contribution is -2.43. The Balaban J connectivity index is 2.14. The zero-order valence-corrected chi connectivity index (χ0v) is 11.9. The van der Waals surface area contributed by atoms with Crippen LogP contribution in [0, 0.1) is 11.6 Å². The minimum absolute atomic E-state index is 0.148. The van der Waals surface area contributed by atoms with E-state index in [1.807, 2.05) is 0 Å². The molecule has 1 aliphatic rings. The molecule has 3 nitrogen and oxygen atoms in total. The van der Waals surface area contributed by atoms with Crippen LogP contribution in [0.3, 0.4) is 0 Å². The molecule has 1 aliphatic carbocycles. The number of halogens is 3. The molecule has 0 radical (unpaired) electrons. The lowest BCUT2D eigenvalue weighted by atomic mass is 9.80. The highest BCUT2D eigenvalue weighted by Gasteiger charge is 2.38. The molecule has 108 valence electrons. The van der Waals surface area contributed by atoms with E-state index in [0.29, 0.717) is 17.9 Å². The summed E-state index contributed by atoms with van der Waals surface area (Å²) in [4.78, 5) is 4.28. The molecule has 1 aromatic heterocycles. The fraction of sp³-hybridized carbons (Fsp3) is 0.500. The van der Waals surface area contributed by atoms with Crippen molar-refractivity contribution in [3.8, 4) is 0 Å². The third kappa shape index (κ3) is 2.00. The summed E-state index contributed by atoms with van der Waals surface area (Å²) in [7, 11) is 1.65. The van der Waals surface area contributed by atoms with Crippen LogP contribution in [0.2, 0.25) is 0 Å². The first kappa shape index (κ1) is 13.8. The van der Waals surface area contributed by atoms with Crippen molar-refractivity contribution in [1.82, 2.24) is 9.55 Å². The molecule has 0 atom stereocenters. The number of imidazole rings is 1. The predicted octanol–water partition coefficient (Wildman–Crippen LogP) is 3.62. The molecular formula is C14H15ClF2N2O. The minimum Gasteiger partial charge on any atom is -0.376 e. The average Bonchev–Trinajstić information content (AvgIpc) is 2.76. The van der Waals surface area contributed by atoms with Gasteiger partial charge in [0.2, 0.25) is 0 Å². The van der Waals surface area contributed by atoms with Gasteiger partial charge in [-0.05, 0) is 31.4 Å². The van der Waals surface area contributed by atoms with Gasteiger partial charge in [-0.15, -0.1) is 11.6 Å². The lowest BCUT2D eigenvalue weighted by molar-refractivity contribution is -0.0832. The molecule has 3 rings (SSSR count). The summed E-state index contributed by atoms with van der Waals surface area (Å²) in [6.45, 7) is 0.447. The van der Waals surface area contributed by atoms with Gasteiger partial charge >= 0.3 is 0 Å². The van der Waals surface area contributed by atoms with Crippen molar-refractivity contribution in [3.05, 3.63) is 29.6 Å². The van der Waals surface area contributed by atoms with Crippen LogP contribution in [0.1, 0.15) is 25.1 Å². The molecule has 0 N–H and O–H groups in total. The number of alkyl halides is 1. The normalized spacial score (nSPS) is 17.4. The first-order valence-corrected chi connectivity index (χ1v) is 7.08. The van der Waals surface area contributed by atoms with Gasteiger partial charge in [0.1, 0.15) is 11.3 Å². The van der Waals surface area contributed by atoms with Gasteiger partial charge in [0.25, 0.3) is 0 Å². The number of aromatic nitrogens is 2. The summed E-state index contributed by atoms with van der Waals surface area (Å²) < 4.78 is 34.8. The second-order valence-corrected chi connectivity index (χ2v) is 5.48. The van der Waals surface area contributed by atoms with E-state index in [4.69, 9.17) is 16.3 Å². The summed E-state index contributed by atoms with van der Waals surface area (Å²) in [6, 6.07) is 2.56. The van der Waals surface area contributed by atoms with Gasteiger partial charge < -0.3 is 9.30 Å². The molecule has 0 bridgehead atoms. The van der Waals surface area contributed by atoms with Gasteiger partial charge in [-0.2, -0.15) is 0 Å². The van der Waals surface area contributed by atoms with E-state index in [9.17, 15) is 8.78 Å². The van der Waals surface area contributed by atoms with Gasteiger partial charge in [0.15, 0.2) is 11.6 Å². The van der Waals surface area contributed by atoms with E-state index >= 15 is 0 Å². The summed E-state index contributed by atoms with van der Waals surface area (Å²) in [5.74, 6) is -1.07. The fourth-order valence-electron chi connectivity index (χ4n) is 2.76. The van der Waals surface area contributed by atoms with Gasteiger partial charge in [0.05, 0.1) is 23.5 Å². The zero-order chi connectivity index (χ0) is 14.3. The SMILES string of the molecule is COC1(Cn2c(CCl)nc3ccc(F)c(F)c32)CCC1. The Labute approximate surface area is 120 Å². The maximum Gasteiger partial charge on any atom is 0.184 e. The zero-order valence-electron chi connectivity index (χ0n) is 11.1. The maximum atomic E-state index is 14.1. The number of rotatable bonds is 4. The Morgan fingerprint density at radius 2 is 2.15 bits per heavy atom. The molecule has 1 fully saturated rings. The van der Waals surface area contributed by atoms with Crippen LogP contribution in [0.25, 0.3) is 11.0 Å². The molecular weight excluding hydrogens is 286 g/mol. The summed E-state index contributed by atoms with van der Waals surface area (Å²) in [5.41, 5.74) is 0.279. The van der Waals surface area contributed by atoms with Crippen LogP contribution in [-0.4, -0.2) is 22.3 Å². The second-order valence-electron chi connectivity index (χ2n) is 5.22. The first-order chi connectivity index (χ1) is 9.60. The molecule has 6 heteroatoms. The largest absolute Gasteiger partial charge is 0.376 e. The Morgan fingerprint density at radius 1 is 1.40 bits per heavy atom. The van der Waals surface area contributed by atoms with E-state index in [0.717, 1.165) is 25.3 Å². The van der Waals surface area contributed by atoms with E-state index < -0.39 is 11.6 Å². The summed E-state index contributed by atoms with van der Waals surface area (Å²) >= 11 is 5.89. The highest BCUT2D eigenvalue weighted by molar-refractivity contribution is 6.16. The van der Waals surface area contributed by atoms with Crippen molar-refractivity contribution in [2.24, 2.45) is 0 Å². The number of hydrogen-bond donors (Lipinski definition) is 0.